The van der Waals surface area contributed by atoms with Gasteiger partial charge in [-0.15, -0.1) is 6.58 Å². The van der Waals surface area contributed by atoms with E-state index in [0.717, 1.165) is 38.5 Å². The fourth-order valence-corrected chi connectivity index (χ4v) is 10.6. The van der Waals surface area contributed by atoms with Crippen LogP contribution >= 0.6 is 0 Å². The average Bonchev–Trinajstić information content (AvgIpc) is 3.96. The van der Waals surface area contributed by atoms with Crippen LogP contribution in [0.3, 0.4) is 0 Å². The Morgan fingerprint density at radius 2 is 1.73 bits per heavy atom. The van der Waals surface area contributed by atoms with Crippen molar-refractivity contribution < 1.29 is 37.1 Å². The molecule has 2 bridgehead atoms. The SMILES string of the molecule is C=C[C@@H]1C[C@]1(NC(=O)[C@@H]1C[C@@H]2CN1C(=O)[C@H](C1CCCC1)NC(=O)O[C@@H]1CCC[C@H]1CC/C=C\Cn1c(nc3ccccc3c1=O)O2)C(=O)NS(=O)(=O)C1CC1. The minimum atomic E-state index is -3.92. The van der Waals surface area contributed by atoms with Crippen molar-refractivity contribution >= 4 is 44.7 Å². The fourth-order valence-electron chi connectivity index (χ4n) is 9.19. The lowest BCUT2D eigenvalue weighted by Gasteiger charge is -2.32. The zero-order valence-electron chi connectivity index (χ0n) is 31.4. The predicted molar refractivity (Wildman–Crippen MR) is 205 cm³/mol. The van der Waals surface area contributed by atoms with Gasteiger partial charge in [0.15, 0.2) is 0 Å². The van der Waals surface area contributed by atoms with E-state index in [1.807, 2.05) is 12.2 Å². The third-order valence-electron chi connectivity index (χ3n) is 12.6. The van der Waals surface area contributed by atoms with E-state index in [4.69, 9.17) is 14.5 Å². The number of benzene rings is 1. The van der Waals surface area contributed by atoms with Crippen LogP contribution < -0.4 is 25.7 Å². The highest BCUT2D eigenvalue weighted by atomic mass is 32.2. The van der Waals surface area contributed by atoms with Gasteiger partial charge in [-0.3, -0.25) is 28.5 Å². The lowest BCUT2D eigenvalue weighted by molar-refractivity contribution is -0.142. The summed E-state index contributed by atoms with van der Waals surface area (Å²) < 4.78 is 41.6. The number of nitrogens with zero attached hydrogens (tertiary/aromatic N) is 3. The molecule has 300 valence electrons. The zero-order chi connectivity index (χ0) is 39.2. The third kappa shape index (κ3) is 7.55. The summed E-state index contributed by atoms with van der Waals surface area (Å²) in [5.74, 6) is -2.59. The number of hydrogen-bond acceptors (Lipinski definition) is 10. The molecule has 1 aromatic heterocycles. The third-order valence-corrected chi connectivity index (χ3v) is 14.4. The maximum absolute atomic E-state index is 14.8. The first-order valence-corrected chi connectivity index (χ1v) is 21.6. The Labute approximate surface area is 325 Å². The van der Waals surface area contributed by atoms with Crippen LogP contribution in [-0.4, -0.2) is 88.3 Å². The van der Waals surface area contributed by atoms with E-state index in [-0.39, 0.29) is 55.4 Å². The van der Waals surface area contributed by atoms with Gasteiger partial charge >= 0.3 is 6.09 Å². The van der Waals surface area contributed by atoms with Crippen molar-refractivity contribution in [3.05, 3.63) is 59.4 Å². The van der Waals surface area contributed by atoms with E-state index in [0.29, 0.717) is 43.0 Å². The van der Waals surface area contributed by atoms with Crippen molar-refractivity contribution in [1.82, 2.24) is 29.8 Å². The van der Waals surface area contributed by atoms with Gasteiger partial charge in [-0.1, -0.05) is 43.2 Å². The van der Waals surface area contributed by atoms with Gasteiger partial charge in [0, 0.05) is 18.9 Å². The van der Waals surface area contributed by atoms with Crippen molar-refractivity contribution in [3.8, 4) is 6.01 Å². The zero-order valence-corrected chi connectivity index (χ0v) is 32.2. The maximum Gasteiger partial charge on any atom is 0.408 e. The number of sulfonamides is 1. The maximum atomic E-state index is 14.8. The van der Waals surface area contributed by atoms with Gasteiger partial charge in [-0.25, -0.2) is 13.2 Å². The van der Waals surface area contributed by atoms with Crippen LogP contribution in [0.2, 0.25) is 0 Å². The molecule has 8 rings (SSSR count). The van der Waals surface area contributed by atoms with Gasteiger partial charge in [0.1, 0.15) is 29.8 Å². The van der Waals surface area contributed by atoms with E-state index in [1.165, 1.54) is 15.5 Å². The minimum absolute atomic E-state index is 0.0292. The molecule has 5 fully saturated rings. The smallest absolute Gasteiger partial charge is 0.408 e. The molecular formula is C40H50N6O9S. The highest BCUT2D eigenvalue weighted by Gasteiger charge is 2.62. The molecule has 6 aliphatic rings. The number of fused-ring (bicyclic) bond motifs is 5. The minimum Gasteiger partial charge on any atom is -0.459 e. The Balaban J connectivity index is 1.14. The number of aromatic nitrogens is 2. The second kappa shape index (κ2) is 15.3. The Kier molecular flexibility index (Phi) is 10.4. The molecule has 56 heavy (non-hydrogen) atoms. The van der Waals surface area contributed by atoms with Gasteiger partial charge in [-0.05, 0) is 88.2 Å². The molecule has 4 saturated carbocycles. The summed E-state index contributed by atoms with van der Waals surface area (Å²) in [5, 5.41) is 5.49. The van der Waals surface area contributed by atoms with Crippen LogP contribution in [0.4, 0.5) is 4.79 Å². The van der Waals surface area contributed by atoms with Gasteiger partial charge in [-0.2, -0.15) is 4.98 Å². The number of carbonyl (C=O) groups is 4. The molecule has 2 aliphatic heterocycles. The normalized spacial score (nSPS) is 31.8. The van der Waals surface area contributed by atoms with Gasteiger partial charge in [0.05, 0.1) is 22.7 Å². The summed E-state index contributed by atoms with van der Waals surface area (Å²) in [6, 6.07) is 4.85. The Bertz CT molecular complexity index is 2110. The summed E-state index contributed by atoms with van der Waals surface area (Å²) in [5.41, 5.74) is -1.43. The summed E-state index contributed by atoms with van der Waals surface area (Å²) >= 11 is 0. The van der Waals surface area contributed by atoms with Crippen LogP contribution in [0, 0.1) is 17.8 Å². The number of rotatable bonds is 7. The van der Waals surface area contributed by atoms with Gasteiger partial charge in [0.2, 0.25) is 21.8 Å². The molecule has 4 aliphatic carbocycles. The molecule has 0 radical (unpaired) electrons. The molecule has 1 aromatic carbocycles. The lowest BCUT2D eigenvalue weighted by Crippen LogP contribution is -2.59. The second-order valence-corrected chi connectivity index (χ2v) is 18.3. The van der Waals surface area contributed by atoms with Crippen molar-refractivity contribution in [2.75, 3.05) is 6.54 Å². The van der Waals surface area contributed by atoms with Crippen molar-refractivity contribution in [1.29, 1.82) is 0 Å². The lowest BCUT2D eigenvalue weighted by atomic mass is 9.96. The molecule has 15 nitrogen and oxygen atoms in total. The molecule has 4 amide bonds. The molecule has 2 aromatic rings. The standard InChI is InChI=1S/C40H50N6O9S/c1-2-26-22-40(26,37(50)44-56(52,53)28-18-19-28)43-34(47)31-21-27-23-46(31)36(49)33(25-12-5-6-13-25)42-39(51)55-32-17-10-14-24(32)11-4-3-9-20-45-35(48)29-15-7-8-16-30(29)41-38(45)54-27/h2-3,7-9,15-16,24-28,31-33H,1,4-6,10-14,17-23H2,(H,42,51)(H,43,47)(H,44,50)/b9-3-/t24-,26-,27-,31+,32-,33+,40-/m1/s1. The number of carbonyl (C=O) groups excluding carboxylic acids is 4. The van der Waals surface area contributed by atoms with Crippen LogP contribution in [0.15, 0.2) is 53.9 Å². The number of allylic oxidation sites excluding steroid dienone is 2. The number of hydrogen-bond donors (Lipinski definition) is 3. The van der Waals surface area contributed by atoms with Gasteiger partial charge < -0.3 is 25.0 Å². The molecule has 0 spiro atoms. The van der Waals surface area contributed by atoms with E-state index in [2.05, 4.69) is 21.9 Å². The Morgan fingerprint density at radius 3 is 2.48 bits per heavy atom. The van der Waals surface area contributed by atoms with Crippen molar-refractivity contribution in [3.63, 3.8) is 0 Å². The van der Waals surface area contributed by atoms with Crippen LogP contribution in [0.5, 0.6) is 6.01 Å². The van der Waals surface area contributed by atoms with E-state index < -0.39 is 68.7 Å². The summed E-state index contributed by atoms with van der Waals surface area (Å²) in [7, 11) is -3.92. The summed E-state index contributed by atoms with van der Waals surface area (Å²) in [4.78, 5) is 76.4. The number of nitrogens with one attached hydrogen (secondary N) is 3. The van der Waals surface area contributed by atoms with E-state index in [9.17, 15) is 32.4 Å². The quantitative estimate of drug-likeness (QED) is 0.351. The average molecular weight is 791 g/mol. The molecule has 3 heterocycles. The molecule has 7 atom stereocenters. The fraction of sp³-hybridized carbons (Fsp3) is 0.600. The highest BCUT2D eigenvalue weighted by Crippen LogP contribution is 2.45. The summed E-state index contributed by atoms with van der Waals surface area (Å²) in [6.45, 7) is 3.88. The highest BCUT2D eigenvalue weighted by molar-refractivity contribution is 7.91. The number of para-hydroxylation sites is 1. The Morgan fingerprint density at radius 1 is 0.964 bits per heavy atom. The molecule has 1 saturated heterocycles. The van der Waals surface area contributed by atoms with Crippen molar-refractivity contribution in [2.24, 2.45) is 17.8 Å². The molecule has 3 N–H and O–H groups in total. The van der Waals surface area contributed by atoms with E-state index >= 15 is 0 Å². The second-order valence-electron chi connectivity index (χ2n) is 16.3. The van der Waals surface area contributed by atoms with Crippen molar-refractivity contribution in [2.45, 2.75) is 125 Å². The first-order valence-electron chi connectivity index (χ1n) is 20.1. The monoisotopic (exact) mass is 790 g/mol. The van der Waals surface area contributed by atoms with Crippen LogP contribution in [0.25, 0.3) is 10.9 Å². The van der Waals surface area contributed by atoms with Gasteiger partial charge in [0.25, 0.3) is 17.5 Å². The molecule has 16 heteroatoms. The molecule has 0 unspecified atom stereocenters. The number of amides is 4. The topological polar surface area (TPSA) is 195 Å². The largest absolute Gasteiger partial charge is 0.459 e. The predicted octanol–water partition coefficient (Wildman–Crippen LogP) is 3.22. The number of alkyl carbamates (subject to hydrolysis) is 1. The number of ether oxygens (including phenoxy) is 2. The Hall–Kier alpha value is -4.73. The molecular weight excluding hydrogens is 741 g/mol. The van der Waals surface area contributed by atoms with Crippen LogP contribution in [-0.2, 0) is 35.7 Å². The van der Waals surface area contributed by atoms with Crippen LogP contribution in [0.1, 0.15) is 83.5 Å². The first kappa shape index (κ1) is 38.2. The first-order chi connectivity index (χ1) is 27.0. The summed E-state index contributed by atoms with van der Waals surface area (Å²) in [6.07, 6.45) is 11.9. The van der Waals surface area contributed by atoms with E-state index in [1.54, 1.807) is 24.3 Å².